The van der Waals surface area contributed by atoms with Crippen molar-refractivity contribution in [3.63, 3.8) is 0 Å². The molecule has 134 valence electrons. The molecule has 0 heterocycles. The minimum absolute atomic E-state index is 0.0752. The highest BCUT2D eigenvalue weighted by molar-refractivity contribution is 5.64. The molecule has 1 aliphatic carbocycles. The van der Waals surface area contributed by atoms with Crippen LogP contribution in [0.15, 0.2) is 30.3 Å². The van der Waals surface area contributed by atoms with Gasteiger partial charge in [-0.1, -0.05) is 26.0 Å². The van der Waals surface area contributed by atoms with Gasteiger partial charge in [0.2, 0.25) is 5.75 Å². The fourth-order valence-corrected chi connectivity index (χ4v) is 4.30. The van der Waals surface area contributed by atoms with E-state index in [1.54, 1.807) is 21.3 Å². The van der Waals surface area contributed by atoms with E-state index in [1.165, 1.54) is 11.1 Å². The lowest BCUT2D eigenvalue weighted by molar-refractivity contribution is 0.336. The molecule has 0 amide bonds. The van der Waals surface area contributed by atoms with Crippen LogP contribution in [-0.4, -0.2) is 26.4 Å². The molecule has 4 nitrogen and oxygen atoms in total. The van der Waals surface area contributed by atoms with E-state index in [1.807, 2.05) is 18.2 Å². The molecule has 0 saturated carbocycles. The van der Waals surface area contributed by atoms with Crippen molar-refractivity contribution in [2.75, 3.05) is 21.3 Å². The number of hydrogen-bond acceptors (Lipinski definition) is 4. The first-order chi connectivity index (χ1) is 12.1. The molecule has 3 rings (SSSR count). The molecule has 0 aliphatic heterocycles. The summed E-state index contributed by atoms with van der Waals surface area (Å²) >= 11 is 0. The first-order valence-corrected chi connectivity index (χ1v) is 8.68. The van der Waals surface area contributed by atoms with Crippen LogP contribution in [0.2, 0.25) is 0 Å². The van der Waals surface area contributed by atoms with Crippen molar-refractivity contribution in [2.24, 2.45) is 5.92 Å². The Balaban J connectivity index is 2.21. The van der Waals surface area contributed by atoms with Gasteiger partial charge in [-0.25, -0.2) is 0 Å². The molecule has 1 N–H and O–H groups in total. The first kappa shape index (κ1) is 17.5. The Morgan fingerprint density at radius 3 is 2.20 bits per heavy atom. The van der Waals surface area contributed by atoms with Crippen LogP contribution >= 0.6 is 0 Å². The van der Waals surface area contributed by atoms with Crippen molar-refractivity contribution in [3.8, 4) is 23.0 Å². The highest BCUT2D eigenvalue weighted by Crippen LogP contribution is 2.58. The summed E-state index contributed by atoms with van der Waals surface area (Å²) in [4.78, 5) is 0. The second kappa shape index (κ2) is 6.87. The molecule has 0 unspecified atom stereocenters. The average molecular weight is 342 g/mol. The predicted molar refractivity (Wildman–Crippen MR) is 98.2 cm³/mol. The third-order valence-electron chi connectivity index (χ3n) is 5.50. The Labute approximate surface area is 149 Å². The monoisotopic (exact) mass is 342 g/mol. The van der Waals surface area contributed by atoms with Crippen LogP contribution in [0.3, 0.4) is 0 Å². The number of ether oxygens (including phenoxy) is 3. The third-order valence-corrected chi connectivity index (χ3v) is 5.50. The van der Waals surface area contributed by atoms with Crippen LogP contribution in [0.4, 0.5) is 0 Å². The van der Waals surface area contributed by atoms with Crippen molar-refractivity contribution in [1.29, 1.82) is 0 Å². The van der Waals surface area contributed by atoms with Crippen molar-refractivity contribution < 1.29 is 19.3 Å². The highest BCUT2D eigenvalue weighted by atomic mass is 16.5. The van der Waals surface area contributed by atoms with Gasteiger partial charge in [-0.2, -0.15) is 0 Å². The predicted octanol–water partition coefficient (Wildman–Crippen LogP) is 4.69. The standard InChI is InChI=1S/C21H26O4/c1-6-15-12(2)18(13-7-9-14(23-3)10-8-13)19-16(15)11-17(24-4)20(22)21(19)25-5/h7-12,15,18,22H,6H2,1-5H3/t12-,15+,18+/m0/s1. The lowest BCUT2D eigenvalue weighted by atomic mass is 9.83. The molecule has 2 aromatic rings. The van der Waals surface area contributed by atoms with E-state index < -0.39 is 0 Å². The fourth-order valence-electron chi connectivity index (χ4n) is 4.30. The van der Waals surface area contributed by atoms with Crippen LogP contribution in [0.5, 0.6) is 23.0 Å². The summed E-state index contributed by atoms with van der Waals surface area (Å²) in [5.41, 5.74) is 3.49. The molecule has 0 fully saturated rings. The minimum atomic E-state index is 0.0752. The van der Waals surface area contributed by atoms with Gasteiger partial charge in [0, 0.05) is 11.5 Å². The largest absolute Gasteiger partial charge is 0.502 e. The molecule has 0 aromatic heterocycles. The molecule has 0 bridgehead atoms. The Kier molecular flexibility index (Phi) is 4.80. The number of phenolic OH excluding ortho intramolecular Hbond substituents is 1. The number of phenols is 1. The lowest BCUT2D eigenvalue weighted by Crippen LogP contribution is -2.09. The second-order valence-corrected chi connectivity index (χ2v) is 6.59. The van der Waals surface area contributed by atoms with Gasteiger partial charge >= 0.3 is 0 Å². The molecular formula is C21H26O4. The summed E-state index contributed by atoms with van der Waals surface area (Å²) < 4.78 is 16.3. The van der Waals surface area contributed by atoms with Gasteiger partial charge in [-0.3, -0.25) is 0 Å². The normalized spacial score (nSPS) is 21.7. The highest BCUT2D eigenvalue weighted by Gasteiger charge is 2.41. The minimum Gasteiger partial charge on any atom is -0.502 e. The Hall–Kier alpha value is -2.36. The van der Waals surface area contributed by atoms with Gasteiger partial charge in [0.1, 0.15) is 5.75 Å². The van der Waals surface area contributed by atoms with Gasteiger partial charge in [0.15, 0.2) is 11.5 Å². The van der Waals surface area contributed by atoms with E-state index >= 15 is 0 Å². The fraction of sp³-hybridized carbons (Fsp3) is 0.429. The van der Waals surface area contributed by atoms with Crippen LogP contribution < -0.4 is 14.2 Å². The van der Waals surface area contributed by atoms with Crippen molar-refractivity contribution >= 4 is 0 Å². The van der Waals surface area contributed by atoms with Gasteiger partial charge < -0.3 is 19.3 Å². The van der Waals surface area contributed by atoms with Crippen molar-refractivity contribution in [1.82, 2.24) is 0 Å². The van der Waals surface area contributed by atoms with Crippen LogP contribution in [0, 0.1) is 5.92 Å². The quantitative estimate of drug-likeness (QED) is 0.856. The zero-order chi connectivity index (χ0) is 18.1. The summed E-state index contributed by atoms with van der Waals surface area (Å²) in [5.74, 6) is 2.86. The Morgan fingerprint density at radius 1 is 1.00 bits per heavy atom. The van der Waals surface area contributed by atoms with E-state index in [2.05, 4.69) is 26.0 Å². The van der Waals surface area contributed by atoms with E-state index in [9.17, 15) is 5.11 Å². The Morgan fingerprint density at radius 2 is 1.68 bits per heavy atom. The average Bonchev–Trinajstić information content (AvgIpc) is 2.92. The van der Waals surface area contributed by atoms with E-state index in [4.69, 9.17) is 14.2 Å². The van der Waals surface area contributed by atoms with E-state index in [-0.39, 0.29) is 11.7 Å². The molecule has 2 aromatic carbocycles. The molecule has 0 saturated heterocycles. The maximum atomic E-state index is 10.6. The molecule has 25 heavy (non-hydrogen) atoms. The van der Waals surface area contributed by atoms with E-state index in [0.29, 0.717) is 23.3 Å². The topological polar surface area (TPSA) is 47.9 Å². The lowest BCUT2D eigenvalue weighted by Gasteiger charge is -2.22. The van der Waals surface area contributed by atoms with Crippen LogP contribution in [0.1, 0.15) is 48.8 Å². The molecular weight excluding hydrogens is 316 g/mol. The van der Waals surface area contributed by atoms with E-state index in [0.717, 1.165) is 17.7 Å². The molecule has 0 spiro atoms. The summed E-state index contributed by atoms with van der Waals surface area (Å²) in [6, 6.07) is 10.1. The third kappa shape index (κ3) is 2.70. The molecule has 3 atom stereocenters. The smallest absolute Gasteiger partial charge is 0.201 e. The van der Waals surface area contributed by atoms with Gasteiger partial charge in [0.25, 0.3) is 0 Å². The number of benzene rings is 2. The number of fused-ring (bicyclic) bond motifs is 1. The maximum Gasteiger partial charge on any atom is 0.201 e. The summed E-state index contributed by atoms with van der Waals surface area (Å²) in [6.45, 7) is 4.47. The van der Waals surface area contributed by atoms with Gasteiger partial charge in [-0.05, 0) is 47.6 Å². The number of methoxy groups -OCH3 is 3. The van der Waals surface area contributed by atoms with Crippen LogP contribution in [0.25, 0.3) is 0 Å². The number of aromatic hydroxyl groups is 1. The zero-order valence-electron chi connectivity index (χ0n) is 15.5. The zero-order valence-corrected chi connectivity index (χ0v) is 15.5. The summed E-state index contributed by atoms with van der Waals surface area (Å²) in [7, 11) is 4.84. The first-order valence-electron chi connectivity index (χ1n) is 8.68. The van der Waals surface area contributed by atoms with Gasteiger partial charge in [-0.15, -0.1) is 0 Å². The van der Waals surface area contributed by atoms with Gasteiger partial charge in [0.05, 0.1) is 21.3 Å². The van der Waals surface area contributed by atoms with Crippen molar-refractivity contribution in [3.05, 3.63) is 47.0 Å². The molecule has 4 heteroatoms. The molecule has 1 aliphatic rings. The molecule has 0 radical (unpaired) electrons. The maximum absolute atomic E-state index is 10.6. The Bertz CT molecular complexity index is 751. The summed E-state index contributed by atoms with van der Waals surface area (Å²) in [5, 5.41) is 10.6. The summed E-state index contributed by atoms with van der Waals surface area (Å²) in [6.07, 6.45) is 1.03. The van der Waals surface area contributed by atoms with Crippen molar-refractivity contribution in [2.45, 2.75) is 32.1 Å². The SMILES string of the molecule is CC[C@H]1c2cc(OC)c(O)c(OC)c2[C@@H](c2ccc(OC)cc2)[C@H]1C. The number of hydrogen-bond donors (Lipinski definition) is 1. The number of rotatable bonds is 5. The second-order valence-electron chi connectivity index (χ2n) is 6.59. The van der Waals surface area contributed by atoms with Crippen LogP contribution in [-0.2, 0) is 0 Å².